The maximum Gasteiger partial charge on any atom is 1.00 e. The molecule has 0 rings (SSSR count). The summed E-state index contributed by atoms with van der Waals surface area (Å²) in [7, 11) is -4.32. The fourth-order valence-electron chi connectivity index (χ4n) is 1.99. The number of hydrogen-bond donors (Lipinski definition) is 1. The van der Waals surface area contributed by atoms with E-state index < -0.39 is 10.4 Å². The first-order valence-corrected chi connectivity index (χ1v) is 9.12. The number of rotatable bonds is 15. The molecule has 0 aliphatic heterocycles. The minimum absolute atomic E-state index is 0. The Balaban J connectivity index is -0.00000180. The van der Waals surface area contributed by atoms with Crippen molar-refractivity contribution in [3.8, 4) is 0 Å². The zero-order valence-corrected chi connectivity index (χ0v) is 16.5. The molecule has 7 heteroatoms. The zero-order valence-electron chi connectivity index (χ0n) is 13.7. The summed E-state index contributed by atoms with van der Waals surface area (Å²) in [6, 6.07) is 0. The van der Waals surface area contributed by atoms with Gasteiger partial charge >= 0.3 is 40.0 Å². The zero-order chi connectivity index (χ0) is 15.1. The topological polar surface area (TPSA) is 72.8 Å². The molecule has 0 unspecified atom stereocenters. The molecule has 0 spiro atoms. The molecule has 0 aliphatic carbocycles. The fraction of sp³-hybridized carbons (Fsp3) is 1.00. The van der Waals surface area contributed by atoms with E-state index in [4.69, 9.17) is 9.29 Å². The SMILES string of the molecule is C.CCCCCCCCCCCCOCCOS(=O)(=O)O.[Na+]. The van der Waals surface area contributed by atoms with Gasteiger partial charge in [0, 0.05) is 6.61 Å². The predicted molar refractivity (Wildman–Crippen MR) is 86.9 cm³/mol. The van der Waals surface area contributed by atoms with Crippen LogP contribution in [-0.4, -0.2) is 32.8 Å². The van der Waals surface area contributed by atoms with Crippen LogP contribution in [-0.2, 0) is 19.3 Å². The van der Waals surface area contributed by atoms with Crippen LogP contribution in [0.5, 0.6) is 0 Å². The van der Waals surface area contributed by atoms with Gasteiger partial charge < -0.3 is 4.74 Å². The van der Waals surface area contributed by atoms with Crippen LogP contribution in [0.2, 0.25) is 0 Å². The van der Waals surface area contributed by atoms with Crippen molar-refractivity contribution in [1.29, 1.82) is 0 Å². The van der Waals surface area contributed by atoms with Gasteiger partial charge in [-0.1, -0.05) is 72.1 Å². The van der Waals surface area contributed by atoms with E-state index in [0.717, 1.165) is 12.8 Å². The second-order valence-corrected chi connectivity index (χ2v) is 6.14. The Morgan fingerprint density at radius 1 is 0.773 bits per heavy atom. The van der Waals surface area contributed by atoms with Crippen molar-refractivity contribution in [1.82, 2.24) is 0 Å². The molecule has 0 aromatic carbocycles. The third-order valence-electron chi connectivity index (χ3n) is 3.10. The van der Waals surface area contributed by atoms with Crippen LogP contribution >= 0.6 is 0 Å². The van der Waals surface area contributed by atoms with Crippen LogP contribution < -0.4 is 29.6 Å². The molecule has 130 valence electrons. The molecule has 22 heavy (non-hydrogen) atoms. The Morgan fingerprint density at radius 3 is 1.68 bits per heavy atom. The van der Waals surface area contributed by atoms with Gasteiger partial charge in [0.25, 0.3) is 0 Å². The summed E-state index contributed by atoms with van der Waals surface area (Å²) in [4.78, 5) is 0. The summed E-state index contributed by atoms with van der Waals surface area (Å²) in [6.45, 7) is 2.91. The Bertz CT molecular complexity index is 296. The molecule has 0 fully saturated rings. The summed E-state index contributed by atoms with van der Waals surface area (Å²) in [5.41, 5.74) is 0. The monoisotopic (exact) mass is 349 g/mol. The molecule has 0 aromatic rings. The molecule has 0 heterocycles. The van der Waals surface area contributed by atoms with E-state index >= 15 is 0 Å². The predicted octanol–water partition coefficient (Wildman–Crippen LogP) is 1.38. The van der Waals surface area contributed by atoms with Crippen molar-refractivity contribution in [3.05, 3.63) is 0 Å². The minimum Gasteiger partial charge on any atom is -0.379 e. The number of unbranched alkanes of at least 4 members (excludes halogenated alkanes) is 9. The summed E-state index contributed by atoms with van der Waals surface area (Å²) in [5.74, 6) is 0. The van der Waals surface area contributed by atoms with Crippen LogP contribution in [0, 0.1) is 0 Å². The molecule has 0 bridgehead atoms. The maximum atomic E-state index is 10.2. The first kappa shape index (κ1) is 27.7. The fourth-order valence-corrected chi connectivity index (χ4v) is 2.27. The Labute approximate surface area is 159 Å². The third-order valence-corrected chi connectivity index (χ3v) is 3.57. The van der Waals surface area contributed by atoms with Gasteiger partial charge in [-0.05, 0) is 6.42 Å². The molecule has 1 N–H and O–H groups in total. The van der Waals surface area contributed by atoms with Crippen LogP contribution in [0.4, 0.5) is 0 Å². The van der Waals surface area contributed by atoms with Crippen LogP contribution in [0.3, 0.4) is 0 Å². The molecule has 5 nitrogen and oxygen atoms in total. The van der Waals surface area contributed by atoms with Crippen molar-refractivity contribution in [2.75, 3.05) is 19.8 Å². The van der Waals surface area contributed by atoms with Gasteiger partial charge in [-0.25, -0.2) is 4.18 Å². The smallest absolute Gasteiger partial charge is 0.379 e. The van der Waals surface area contributed by atoms with Gasteiger partial charge in [0.1, 0.15) is 0 Å². The van der Waals surface area contributed by atoms with Gasteiger partial charge in [-0.2, -0.15) is 8.42 Å². The van der Waals surface area contributed by atoms with Gasteiger partial charge in [0.2, 0.25) is 0 Å². The first-order chi connectivity index (χ1) is 9.56. The van der Waals surface area contributed by atoms with Crippen molar-refractivity contribution < 1.29 is 51.4 Å². The average Bonchev–Trinajstić information content (AvgIpc) is 2.38. The summed E-state index contributed by atoms with van der Waals surface area (Å²) >= 11 is 0. The summed E-state index contributed by atoms with van der Waals surface area (Å²) in [5, 5.41) is 0. The molecular weight excluding hydrogens is 315 g/mol. The minimum atomic E-state index is -4.32. The Hall–Kier alpha value is 0.830. The van der Waals surface area contributed by atoms with Gasteiger partial charge in [0.15, 0.2) is 0 Å². The van der Waals surface area contributed by atoms with Crippen molar-refractivity contribution in [2.24, 2.45) is 0 Å². The molecule has 0 amide bonds. The number of hydrogen-bond acceptors (Lipinski definition) is 4. The normalized spacial score (nSPS) is 10.8. The first-order valence-electron chi connectivity index (χ1n) is 7.76. The second kappa shape index (κ2) is 19.9. The molecule has 0 radical (unpaired) electrons. The summed E-state index contributed by atoms with van der Waals surface area (Å²) < 4.78 is 38.1. The van der Waals surface area contributed by atoms with E-state index in [1.807, 2.05) is 0 Å². The molecule has 0 aliphatic rings. The molecular formula is C15H34NaO5S+. The van der Waals surface area contributed by atoms with Crippen molar-refractivity contribution >= 4 is 10.4 Å². The number of ether oxygens (including phenoxy) is 1. The largest absolute Gasteiger partial charge is 1.00 e. The van der Waals surface area contributed by atoms with Crippen molar-refractivity contribution in [2.45, 2.75) is 78.6 Å². The molecule has 0 aromatic heterocycles. The quantitative estimate of drug-likeness (QED) is 0.275. The Morgan fingerprint density at radius 2 is 1.23 bits per heavy atom. The summed E-state index contributed by atoms with van der Waals surface area (Å²) in [6.07, 6.45) is 12.7. The van der Waals surface area contributed by atoms with E-state index in [1.165, 1.54) is 51.4 Å². The third kappa shape index (κ3) is 25.8. The van der Waals surface area contributed by atoms with Crippen LogP contribution in [0.15, 0.2) is 0 Å². The second-order valence-electron chi connectivity index (χ2n) is 5.04. The van der Waals surface area contributed by atoms with Gasteiger partial charge in [-0.3, -0.25) is 4.55 Å². The molecule has 0 saturated carbocycles. The van der Waals surface area contributed by atoms with E-state index in [2.05, 4.69) is 11.1 Å². The molecule has 0 saturated heterocycles. The van der Waals surface area contributed by atoms with Crippen LogP contribution in [0.25, 0.3) is 0 Å². The molecule has 0 atom stereocenters. The van der Waals surface area contributed by atoms with Crippen molar-refractivity contribution in [3.63, 3.8) is 0 Å². The van der Waals surface area contributed by atoms with E-state index in [1.54, 1.807) is 0 Å². The average molecular weight is 349 g/mol. The van der Waals surface area contributed by atoms with E-state index in [-0.39, 0.29) is 50.2 Å². The van der Waals surface area contributed by atoms with Gasteiger partial charge in [0.05, 0.1) is 13.2 Å². The standard InChI is InChI=1S/C14H30O5S.CH4.Na/c1-2-3-4-5-6-7-8-9-10-11-12-18-13-14-19-20(15,16)17;;/h2-14H2,1H3,(H,15,16,17);1H4;/q;;+1. The van der Waals surface area contributed by atoms with Gasteiger partial charge in [-0.15, -0.1) is 0 Å². The van der Waals surface area contributed by atoms with E-state index in [0.29, 0.717) is 6.61 Å². The van der Waals surface area contributed by atoms with Crippen LogP contribution in [0.1, 0.15) is 78.6 Å². The Kier molecular flexibility index (Phi) is 25.0. The maximum absolute atomic E-state index is 10.2. The van der Waals surface area contributed by atoms with E-state index in [9.17, 15) is 8.42 Å².